The molecule has 28 heavy (non-hydrogen) atoms. The number of amides is 1. The van der Waals surface area contributed by atoms with Gasteiger partial charge in [0.25, 0.3) is 0 Å². The van der Waals surface area contributed by atoms with Crippen molar-refractivity contribution < 1.29 is 19.1 Å². The predicted octanol–water partition coefficient (Wildman–Crippen LogP) is 4.88. The van der Waals surface area contributed by atoms with Gasteiger partial charge in [-0.2, -0.15) is 0 Å². The maximum absolute atomic E-state index is 12.2. The molecule has 1 N–H and O–H groups in total. The highest BCUT2D eigenvalue weighted by Gasteiger charge is 2.29. The normalized spacial score (nSPS) is 16.5. The van der Waals surface area contributed by atoms with E-state index in [0.29, 0.717) is 29.6 Å². The molecular weight excluding hydrogens is 380 g/mol. The van der Waals surface area contributed by atoms with E-state index in [9.17, 15) is 9.59 Å². The molecule has 2 rings (SSSR count). The molecule has 6 nitrogen and oxygen atoms in total. The summed E-state index contributed by atoms with van der Waals surface area (Å²) >= 11 is 6.37. The molecule has 0 spiro atoms. The fourth-order valence-electron chi connectivity index (χ4n) is 3.38. The third kappa shape index (κ3) is 5.77. The van der Waals surface area contributed by atoms with Crippen molar-refractivity contribution in [1.82, 2.24) is 4.90 Å². The Morgan fingerprint density at radius 3 is 2.39 bits per heavy atom. The fourth-order valence-corrected chi connectivity index (χ4v) is 3.66. The Morgan fingerprint density at radius 2 is 1.86 bits per heavy atom. The number of hydrogen-bond acceptors (Lipinski definition) is 5. The average molecular weight is 411 g/mol. The van der Waals surface area contributed by atoms with Crippen molar-refractivity contribution in [2.45, 2.75) is 59.1 Å². The maximum atomic E-state index is 12.2. The van der Waals surface area contributed by atoms with Crippen LogP contribution in [0.5, 0.6) is 0 Å². The van der Waals surface area contributed by atoms with Gasteiger partial charge < -0.3 is 19.7 Å². The zero-order valence-electron chi connectivity index (χ0n) is 17.6. The second-order valence-corrected chi connectivity index (χ2v) is 8.78. The van der Waals surface area contributed by atoms with Crippen molar-refractivity contribution in [3.63, 3.8) is 0 Å². The minimum atomic E-state index is -0.484. The number of aryl methyl sites for hydroxylation is 1. The van der Waals surface area contributed by atoms with Crippen LogP contribution in [0.4, 0.5) is 10.5 Å². The number of nitrogens with zero attached hydrogens (tertiary/aromatic N) is 1. The molecular formula is C21H31ClN2O4. The van der Waals surface area contributed by atoms with Crippen molar-refractivity contribution >= 4 is 29.4 Å². The molecule has 0 saturated carbocycles. The van der Waals surface area contributed by atoms with Crippen LogP contribution < -0.4 is 5.32 Å². The van der Waals surface area contributed by atoms with Gasteiger partial charge in [-0.15, -0.1) is 0 Å². The summed E-state index contributed by atoms with van der Waals surface area (Å²) in [5.74, 6) is 0.00757. The Morgan fingerprint density at radius 1 is 1.25 bits per heavy atom. The van der Waals surface area contributed by atoms with Gasteiger partial charge in [-0.3, -0.25) is 0 Å². The molecule has 1 aromatic carbocycles. The highest BCUT2D eigenvalue weighted by atomic mass is 35.5. The van der Waals surface area contributed by atoms with E-state index in [1.807, 2.05) is 27.7 Å². The van der Waals surface area contributed by atoms with Crippen LogP contribution in [0.25, 0.3) is 0 Å². The summed E-state index contributed by atoms with van der Waals surface area (Å²) in [4.78, 5) is 25.9. The molecule has 1 atom stereocenters. The van der Waals surface area contributed by atoms with E-state index in [4.69, 9.17) is 21.1 Å². The summed E-state index contributed by atoms with van der Waals surface area (Å²) < 4.78 is 10.3. The maximum Gasteiger partial charge on any atom is 0.410 e. The molecule has 1 aliphatic rings. The van der Waals surface area contributed by atoms with Crippen molar-refractivity contribution in [1.29, 1.82) is 0 Å². The van der Waals surface area contributed by atoms with Gasteiger partial charge in [0.2, 0.25) is 0 Å². The zero-order chi connectivity index (χ0) is 21.1. The lowest BCUT2D eigenvalue weighted by atomic mass is 9.90. The molecule has 0 aromatic heterocycles. The van der Waals surface area contributed by atoms with Gasteiger partial charge in [-0.25, -0.2) is 9.59 Å². The van der Waals surface area contributed by atoms with Crippen LogP contribution in [0.15, 0.2) is 12.1 Å². The summed E-state index contributed by atoms with van der Waals surface area (Å²) in [6.07, 6.45) is 1.50. The van der Waals surface area contributed by atoms with E-state index in [2.05, 4.69) is 12.2 Å². The van der Waals surface area contributed by atoms with E-state index < -0.39 is 5.60 Å². The molecule has 0 aliphatic carbocycles. The van der Waals surface area contributed by atoms with E-state index >= 15 is 0 Å². The van der Waals surface area contributed by atoms with E-state index in [0.717, 1.165) is 24.1 Å². The highest BCUT2D eigenvalue weighted by Crippen LogP contribution is 2.30. The SMILES string of the molecule is COC(=O)c1cc(NC(C)C2CCN(C(=O)OC(C)(C)C)CC2)c(Cl)cc1C. The largest absolute Gasteiger partial charge is 0.465 e. The average Bonchev–Trinajstić information content (AvgIpc) is 2.62. The van der Waals surface area contributed by atoms with Gasteiger partial charge in [-0.1, -0.05) is 11.6 Å². The van der Waals surface area contributed by atoms with E-state index in [-0.39, 0.29) is 18.1 Å². The topological polar surface area (TPSA) is 67.9 Å². The Balaban J connectivity index is 1.99. The second kappa shape index (κ2) is 9.03. The van der Waals surface area contributed by atoms with Crippen molar-refractivity contribution in [2.24, 2.45) is 5.92 Å². The number of halogens is 1. The molecule has 1 amide bonds. The molecule has 156 valence electrons. The number of anilines is 1. The third-order valence-electron chi connectivity index (χ3n) is 5.00. The van der Waals surface area contributed by atoms with Crippen LogP contribution in [0.2, 0.25) is 5.02 Å². The van der Waals surface area contributed by atoms with Crippen molar-refractivity contribution in [3.05, 3.63) is 28.3 Å². The van der Waals surface area contributed by atoms with Gasteiger partial charge >= 0.3 is 12.1 Å². The number of esters is 1. The number of nitrogens with one attached hydrogen (secondary N) is 1. The Hall–Kier alpha value is -1.95. The lowest BCUT2D eigenvalue weighted by Crippen LogP contribution is -2.44. The number of carbonyl (C=O) groups is 2. The summed E-state index contributed by atoms with van der Waals surface area (Å²) in [6, 6.07) is 3.66. The van der Waals surface area contributed by atoms with E-state index in [1.165, 1.54) is 7.11 Å². The summed E-state index contributed by atoms with van der Waals surface area (Å²) in [7, 11) is 1.37. The van der Waals surface area contributed by atoms with Crippen LogP contribution in [-0.4, -0.2) is 48.8 Å². The Kier molecular flexibility index (Phi) is 7.21. The first-order valence-electron chi connectivity index (χ1n) is 9.64. The molecule has 1 saturated heterocycles. The molecule has 0 bridgehead atoms. The lowest BCUT2D eigenvalue weighted by molar-refractivity contribution is 0.0179. The number of hydrogen-bond donors (Lipinski definition) is 1. The molecule has 7 heteroatoms. The smallest absolute Gasteiger partial charge is 0.410 e. The number of benzene rings is 1. The quantitative estimate of drug-likeness (QED) is 0.716. The monoisotopic (exact) mass is 410 g/mol. The second-order valence-electron chi connectivity index (χ2n) is 8.38. The lowest BCUT2D eigenvalue weighted by Gasteiger charge is -2.36. The minimum Gasteiger partial charge on any atom is -0.465 e. The van der Waals surface area contributed by atoms with Gasteiger partial charge in [0.15, 0.2) is 0 Å². The molecule has 0 radical (unpaired) electrons. The summed E-state index contributed by atoms with van der Waals surface area (Å²) in [6.45, 7) is 10.9. The first-order chi connectivity index (χ1) is 13.0. The first kappa shape index (κ1) is 22.3. The number of rotatable bonds is 4. The molecule has 1 aliphatic heterocycles. The number of carbonyl (C=O) groups excluding carboxylic acids is 2. The van der Waals surface area contributed by atoms with Gasteiger partial charge in [0, 0.05) is 19.1 Å². The Labute approximate surface area is 172 Å². The number of ether oxygens (including phenoxy) is 2. The van der Waals surface area contributed by atoms with Gasteiger partial charge in [0.05, 0.1) is 23.4 Å². The van der Waals surface area contributed by atoms with Gasteiger partial charge in [-0.05, 0) is 71.1 Å². The third-order valence-corrected chi connectivity index (χ3v) is 5.31. The standard InChI is InChI=1S/C21H31ClN2O4/c1-13-11-17(22)18(12-16(13)19(25)27-6)23-14(2)15-7-9-24(10-8-15)20(26)28-21(3,4)5/h11-12,14-15,23H,7-10H2,1-6H3. The fraction of sp³-hybridized carbons (Fsp3) is 0.619. The molecule has 1 fully saturated rings. The molecule has 1 unspecified atom stereocenters. The minimum absolute atomic E-state index is 0.145. The zero-order valence-corrected chi connectivity index (χ0v) is 18.4. The van der Waals surface area contributed by atoms with Gasteiger partial charge in [0.1, 0.15) is 5.60 Å². The van der Waals surface area contributed by atoms with Crippen LogP contribution in [0.3, 0.4) is 0 Å². The molecule has 1 aromatic rings. The van der Waals surface area contributed by atoms with E-state index in [1.54, 1.807) is 17.0 Å². The van der Waals surface area contributed by atoms with Crippen LogP contribution in [0.1, 0.15) is 56.5 Å². The van der Waals surface area contributed by atoms with Crippen LogP contribution in [-0.2, 0) is 9.47 Å². The highest BCUT2D eigenvalue weighted by molar-refractivity contribution is 6.33. The van der Waals surface area contributed by atoms with Crippen LogP contribution >= 0.6 is 11.6 Å². The van der Waals surface area contributed by atoms with Crippen molar-refractivity contribution in [2.75, 3.05) is 25.5 Å². The number of likely N-dealkylation sites (tertiary alicyclic amines) is 1. The van der Waals surface area contributed by atoms with Crippen LogP contribution in [0, 0.1) is 12.8 Å². The number of piperidine rings is 1. The first-order valence-corrected chi connectivity index (χ1v) is 10.0. The predicted molar refractivity (Wildman–Crippen MR) is 111 cm³/mol. The Bertz CT molecular complexity index is 722. The summed E-state index contributed by atoms with van der Waals surface area (Å²) in [5.41, 5.74) is 1.51. The van der Waals surface area contributed by atoms with Crippen molar-refractivity contribution in [3.8, 4) is 0 Å². The molecule has 1 heterocycles. The number of methoxy groups -OCH3 is 1. The summed E-state index contributed by atoms with van der Waals surface area (Å²) in [5, 5.41) is 4.01.